The maximum Gasteiger partial charge on any atom is 0.255 e. The fourth-order valence-corrected chi connectivity index (χ4v) is 3.38. The van der Waals surface area contributed by atoms with E-state index in [1.807, 2.05) is 4.90 Å². The minimum atomic E-state index is -0.304. The standard InChI is InChI=1S/C22H25FN2O2/c23-19-11-5-3-9-17(19)13-14-21(26)24-20-12-6-4-10-18(20)22(27)25-15-7-1-2-8-16-25/h3-6,9-12H,1-2,7-8,13-16H2,(H,24,26). The Balaban J connectivity index is 1.65. The van der Waals surface area contributed by atoms with Gasteiger partial charge in [-0.2, -0.15) is 0 Å². The van der Waals surface area contributed by atoms with E-state index >= 15 is 0 Å². The summed E-state index contributed by atoms with van der Waals surface area (Å²) in [5, 5.41) is 2.83. The van der Waals surface area contributed by atoms with Crippen molar-refractivity contribution in [3.8, 4) is 0 Å². The van der Waals surface area contributed by atoms with E-state index in [9.17, 15) is 14.0 Å². The lowest BCUT2D eigenvalue weighted by atomic mass is 10.1. The molecule has 0 atom stereocenters. The van der Waals surface area contributed by atoms with E-state index in [-0.39, 0.29) is 24.1 Å². The van der Waals surface area contributed by atoms with Crippen LogP contribution in [0.3, 0.4) is 0 Å². The molecular weight excluding hydrogens is 343 g/mol. The topological polar surface area (TPSA) is 49.4 Å². The third kappa shape index (κ3) is 5.16. The summed E-state index contributed by atoms with van der Waals surface area (Å²) >= 11 is 0. The molecule has 0 spiro atoms. The molecule has 2 aromatic carbocycles. The van der Waals surface area contributed by atoms with Crippen LogP contribution in [0.15, 0.2) is 48.5 Å². The molecule has 1 N–H and O–H groups in total. The van der Waals surface area contributed by atoms with Gasteiger partial charge in [0.1, 0.15) is 5.82 Å². The summed E-state index contributed by atoms with van der Waals surface area (Å²) < 4.78 is 13.7. The molecule has 4 nitrogen and oxygen atoms in total. The molecule has 0 aromatic heterocycles. The van der Waals surface area contributed by atoms with Crippen molar-refractivity contribution in [1.29, 1.82) is 0 Å². The van der Waals surface area contributed by atoms with E-state index in [0.29, 0.717) is 23.2 Å². The molecular formula is C22H25FN2O2. The van der Waals surface area contributed by atoms with Gasteiger partial charge >= 0.3 is 0 Å². The van der Waals surface area contributed by atoms with Gasteiger partial charge in [-0.25, -0.2) is 4.39 Å². The zero-order valence-corrected chi connectivity index (χ0v) is 15.4. The highest BCUT2D eigenvalue weighted by molar-refractivity contribution is 6.03. The average Bonchev–Trinajstić information content (AvgIpc) is 2.97. The van der Waals surface area contributed by atoms with Crippen molar-refractivity contribution in [3.63, 3.8) is 0 Å². The van der Waals surface area contributed by atoms with Crippen LogP contribution in [-0.4, -0.2) is 29.8 Å². The molecule has 1 aliphatic rings. The summed E-state index contributed by atoms with van der Waals surface area (Å²) in [7, 11) is 0. The Morgan fingerprint density at radius 1 is 0.926 bits per heavy atom. The van der Waals surface area contributed by atoms with E-state index in [2.05, 4.69) is 5.32 Å². The molecule has 3 rings (SSSR count). The highest BCUT2D eigenvalue weighted by Crippen LogP contribution is 2.20. The van der Waals surface area contributed by atoms with Crippen LogP contribution in [0.2, 0.25) is 0 Å². The van der Waals surface area contributed by atoms with Crippen LogP contribution < -0.4 is 5.32 Å². The van der Waals surface area contributed by atoms with Crippen LogP contribution in [-0.2, 0) is 11.2 Å². The van der Waals surface area contributed by atoms with Crippen LogP contribution in [0.5, 0.6) is 0 Å². The van der Waals surface area contributed by atoms with Crippen molar-refractivity contribution in [1.82, 2.24) is 4.90 Å². The first-order valence-corrected chi connectivity index (χ1v) is 9.57. The van der Waals surface area contributed by atoms with E-state index in [0.717, 1.165) is 38.8 Å². The van der Waals surface area contributed by atoms with Crippen LogP contribution >= 0.6 is 0 Å². The van der Waals surface area contributed by atoms with Crippen LogP contribution in [0.1, 0.15) is 48.0 Å². The number of benzene rings is 2. The quantitative estimate of drug-likeness (QED) is 0.850. The second kappa shape index (κ2) is 9.31. The highest BCUT2D eigenvalue weighted by Gasteiger charge is 2.20. The lowest BCUT2D eigenvalue weighted by Crippen LogP contribution is -2.32. The first kappa shape index (κ1) is 19.1. The van der Waals surface area contributed by atoms with Gasteiger partial charge < -0.3 is 10.2 Å². The van der Waals surface area contributed by atoms with Crippen molar-refractivity contribution in [2.24, 2.45) is 0 Å². The molecule has 2 amide bonds. The lowest BCUT2D eigenvalue weighted by molar-refractivity contribution is -0.116. The lowest BCUT2D eigenvalue weighted by Gasteiger charge is -2.22. The molecule has 0 bridgehead atoms. The van der Waals surface area contributed by atoms with Gasteiger partial charge in [0.2, 0.25) is 5.91 Å². The normalized spacial score (nSPS) is 14.5. The van der Waals surface area contributed by atoms with E-state index in [4.69, 9.17) is 0 Å². The number of likely N-dealkylation sites (tertiary alicyclic amines) is 1. The second-order valence-corrected chi connectivity index (χ2v) is 6.89. The maximum absolute atomic E-state index is 13.7. The Morgan fingerprint density at radius 3 is 2.33 bits per heavy atom. The first-order chi connectivity index (χ1) is 13.1. The first-order valence-electron chi connectivity index (χ1n) is 9.57. The Hall–Kier alpha value is -2.69. The molecule has 0 saturated carbocycles. The van der Waals surface area contributed by atoms with Crippen molar-refractivity contribution in [2.45, 2.75) is 38.5 Å². The number of halogens is 1. The number of anilines is 1. The number of aryl methyl sites for hydroxylation is 1. The van der Waals surface area contributed by atoms with Crippen molar-refractivity contribution >= 4 is 17.5 Å². The molecule has 1 heterocycles. The SMILES string of the molecule is O=C(CCc1ccccc1F)Nc1ccccc1C(=O)N1CCCCCC1. The zero-order valence-electron chi connectivity index (χ0n) is 15.4. The van der Waals surface area contributed by atoms with Crippen molar-refractivity contribution < 1.29 is 14.0 Å². The van der Waals surface area contributed by atoms with Gasteiger partial charge in [-0.05, 0) is 43.0 Å². The van der Waals surface area contributed by atoms with Crippen LogP contribution in [0.4, 0.5) is 10.1 Å². The van der Waals surface area contributed by atoms with E-state index in [1.165, 1.54) is 6.07 Å². The number of carbonyl (C=O) groups excluding carboxylic acids is 2. The molecule has 142 valence electrons. The number of nitrogens with zero attached hydrogens (tertiary/aromatic N) is 1. The molecule has 0 radical (unpaired) electrons. The monoisotopic (exact) mass is 368 g/mol. The third-order valence-corrected chi connectivity index (χ3v) is 4.90. The molecule has 1 fully saturated rings. The van der Waals surface area contributed by atoms with Crippen molar-refractivity contribution in [3.05, 3.63) is 65.5 Å². The van der Waals surface area contributed by atoms with E-state index < -0.39 is 0 Å². The summed E-state index contributed by atoms with van der Waals surface area (Å²) in [6.07, 6.45) is 4.82. The fraction of sp³-hybridized carbons (Fsp3) is 0.364. The van der Waals surface area contributed by atoms with Crippen molar-refractivity contribution in [2.75, 3.05) is 18.4 Å². The molecule has 5 heteroatoms. The summed E-state index contributed by atoms with van der Waals surface area (Å²) in [5.74, 6) is -0.571. The number of para-hydroxylation sites is 1. The Morgan fingerprint density at radius 2 is 1.59 bits per heavy atom. The Bertz CT molecular complexity index is 798. The minimum Gasteiger partial charge on any atom is -0.339 e. The predicted molar refractivity (Wildman–Crippen MR) is 104 cm³/mol. The average molecular weight is 368 g/mol. The van der Waals surface area contributed by atoms with Gasteiger partial charge in [0.15, 0.2) is 0 Å². The van der Waals surface area contributed by atoms with E-state index in [1.54, 1.807) is 42.5 Å². The van der Waals surface area contributed by atoms with Gasteiger partial charge in [-0.15, -0.1) is 0 Å². The summed E-state index contributed by atoms with van der Waals surface area (Å²) in [6, 6.07) is 13.5. The number of amides is 2. The maximum atomic E-state index is 13.7. The molecule has 1 aliphatic heterocycles. The molecule has 1 saturated heterocycles. The van der Waals surface area contributed by atoms with Gasteiger partial charge in [-0.1, -0.05) is 43.2 Å². The highest BCUT2D eigenvalue weighted by atomic mass is 19.1. The minimum absolute atomic E-state index is 0.0399. The molecule has 0 aliphatic carbocycles. The number of rotatable bonds is 5. The van der Waals surface area contributed by atoms with Gasteiger partial charge in [0.25, 0.3) is 5.91 Å². The fourth-order valence-electron chi connectivity index (χ4n) is 3.38. The van der Waals surface area contributed by atoms with Crippen LogP contribution in [0.25, 0.3) is 0 Å². The van der Waals surface area contributed by atoms with Gasteiger partial charge in [-0.3, -0.25) is 9.59 Å². The Labute approximate surface area is 159 Å². The number of hydrogen-bond acceptors (Lipinski definition) is 2. The summed E-state index contributed by atoms with van der Waals surface area (Å²) in [6.45, 7) is 1.52. The number of hydrogen-bond donors (Lipinski definition) is 1. The summed E-state index contributed by atoms with van der Waals surface area (Å²) in [5.41, 5.74) is 1.55. The smallest absolute Gasteiger partial charge is 0.255 e. The molecule has 0 unspecified atom stereocenters. The third-order valence-electron chi connectivity index (χ3n) is 4.90. The molecule has 2 aromatic rings. The Kier molecular flexibility index (Phi) is 6.58. The number of nitrogens with one attached hydrogen (secondary N) is 1. The number of carbonyl (C=O) groups is 2. The largest absolute Gasteiger partial charge is 0.339 e. The zero-order chi connectivity index (χ0) is 19.1. The van der Waals surface area contributed by atoms with Gasteiger partial charge in [0, 0.05) is 19.5 Å². The predicted octanol–water partition coefficient (Wildman–Crippen LogP) is 4.41. The molecule has 27 heavy (non-hydrogen) atoms. The van der Waals surface area contributed by atoms with Crippen LogP contribution in [0, 0.1) is 5.82 Å². The van der Waals surface area contributed by atoms with Gasteiger partial charge in [0.05, 0.1) is 11.3 Å². The summed E-state index contributed by atoms with van der Waals surface area (Å²) in [4.78, 5) is 27.1. The second-order valence-electron chi connectivity index (χ2n) is 6.89.